The molecule has 16 heavy (non-hydrogen) atoms. The van der Waals surface area contributed by atoms with Crippen molar-refractivity contribution in [3.63, 3.8) is 0 Å². The van der Waals surface area contributed by atoms with Gasteiger partial charge < -0.3 is 0 Å². The molecule has 2 unspecified atom stereocenters. The number of nitrogens with zero attached hydrogens (tertiary/aromatic N) is 1. The first kappa shape index (κ1) is 13.4. The molecule has 3 N–H and O–H groups in total. The number of nitrogens with two attached hydrogens (primary N) is 1. The van der Waals surface area contributed by atoms with Crippen LogP contribution in [0.4, 0.5) is 0 Å². The van der Waals surface area contributed by atoms with Crippen LogP contribution < -0.4 is 11.3 Å². The molecule has 0 aromatic rings. The van der Waals surface area contributed by atoms with Crippen molar-refractivity contribution in [3.8, 4) is 0 Å². The summed E-state index contributed by atoms with van der Waals surface area (Å²) in [6.07, 6.45) is 0.928. The second-order valence-electron chi connectivity index (χ2n) is 4.34. The van der Waals surface area contributed by atoms with Crippen molar-refractivity contribution >= 4 is 15.7 Å². The van der Waals surface area contributed by atoms with E-state index < -0.39 is 9.84 Å². The molecule has 0 aliphatic carbocycles. The standard InChI is InChI=1S/C9H19N3O3S/c1-7(5-9(13)11-10)12(2)8-3-4-16(14,15)6-8/h7-8H,3-6,10H2,1-2H3,(H,11,13). The van der Waals surface area contributed by atoms with Gasteiger partial charge in [-0.1, -0.05) is 0 Å². The van der Waals surface area contributed by atoms with E-state index in [0.29, 0.717) is 6.42 Å². The van der Waals surface area contributed by atoms with Gasteiger partial charge >= 0.3 is 0 Å². The van der Waals surface area contributed by atoms with Crippen LogP contribution in [-0.2, 0) is 14.6 Å². The molecule has 0 bridgehead atoms. The molecule has 0 spiro atoms. The maximum Gasteiger partial charge on any atom is 0.235 e. The number of carbonyl (C=O) groups excluding carboxylic acids is 1. The minimum Gasteiger partial charge on any atom is -0.299 e. The molecule has 1 fully saturated rings. The summed E-state index contributed by atoms with van der Waals surface area (Å²) in [5.74, 6) is 5.21. The zero-order chi connectivity index (χ0) is 12.3. The monoisotopic (exact) mass is 249 g/mol. The topological polar surface area (TPSA) is 92.5 Å². The van der Waals surface area contributed by atoms with Crippen LogP contribution in [0, 0.1) is 0 Å². The Bertz CT molecular complexity index is 355. The van der Waals surface area contributed by atoms with Crippen molar-refractivity contribution < 1.29 is 13.2 Å². The first-order chi connectivity index (χ1) is 7.35. The van der Waals surface area contributed by atoms with Gasteiger partial charge in [0.2, 0.25) is 5.91 Å². The van der Waals surface area contributed by atoms with Crippen LogP contribution in [0.1, 0.15) is 19.8 Å². The Labute approximate surface area is 96.1 Å². The zero-order valence-corrected chi connectivity index (χ0v) is 10.5. The SMILES string of the molecule is CC(CC(=O)NN)N(C)C1CCS(=O)(=O)C1. The summed E-state index contributed by atoms with van der Waals surface area (Å²) in [4.78, 5) is 13.0. The van der Waals surface area contributed by atoms with Crippen LogP contribution in [0.25, 0.3) is 0 Å². The number of sulfone groups is 1. The normalized spacial score (nSPS) is 25.6. The van der Waals surface area contributed by atoms with Gasteiger partial charge in [0.25, 0.3) is 0 Å². The average molecular weight is 249 g/mol. The molecule has 1 amide bonds. The van der Waals surface area contributed by atoms with Crippen molar-refractivity contribution in [2.24, 2.45) is 5.84 Å². The van der Waals surface area contributed by atoms with Crippen molar-refractivity contribution in [1.29, 1.82) is 0 Å². The lowest BCUT2D eigenvalue weighted by Gasteiger charge is -2.29. The second kappa shape index (κ2) is 5.11. The maximum atomic E-state index is 11.3. The average Bonchev–Trinajstić information content (AvgIpc) is 2.57. The number of carbonyl (C=O) groups is 1. The van der Waals surface area contributed by atoms with E-state index in [-0.39, 0.29) is 35.9 Å². The van der Waals surface area contributed by atoms with E-state index in [1.54, 1.807) is 0 Å². The van der Waals surface area contributed by atoms with Gasteiger partial charge in [-0.15, -0.1) is 0 Å². The van der Waals surface area contributed by atoms with Crippen LogP contribution in [0.15, 0.2) is 0 Å². The number of nitrogens with one attached hydrogen (secondary N) is 1. The molecule has 0 aromatic carbocycles. The van der Waals surface area contributed by atoms with E-state index in [9.17, 15) is 13.2 Å². The van der Waals surface area contributed by atoms with Crippen LogP contribution >= 0.6 is 0 Å². The largest absolute Gasteiger partial charge is 0.299 e. The van der Waals surface area contributed by atoms with E-state index in [4.69, 9.17) is 5.84 Å². The highest BCUT2D eigenvalue weighted by atomic mass is 32.2. The number of hydrogen-bond acceptors (Lipinski definition) is 5. The van der Waals surface area contributed by atoms with E-state index >= 15 is 0 Å². The fraction of sp³-hybridized carbons (Fsp3) is 0.889. The molecule has 1 rings (SSSR count). The fourth-order valence-electron chi connectivity index (χ4n) is 1.93. The van der Waals surface area contributed by atoms with Gasteiger partial charge in [0.1, 0.15) is 0 Å². The molecule has 0 aromatic heterocycles. The van der Waals surface area contributed by atoms with Crippen molar-refractivity contribution in [2.45, 2.75) is 31.8 Å². The molecular weight excluding hydrogens is 230 g/mol. The molecule has 0 saturated carbocycles. The number of amides is 1. The first-order valence-corrected chi connectivity index (χ1v) is 7.09. The number of hydrazine groups is 1. The molecular formula is C9H19N3O3S. The predicted octanol–water partition coefficient (Wildman–Crippen LogP) is -1.13. The Morgan fingerprint density at radius 2 is 2.25 bits per heavy atom. The third kappa shape index (κ3) is 3.43. The molecule has 1 aliphatic heterocycles. The highest BCUT2D eigenvalue weighted by Gasteiger charge is 2.32. The van der Waals surface area contributed by atoms with Crippen LogP contribution in [0.3, 0.4) is 0 Å². The van der Waals surface area contributed by atoms with E-state index in [1.807, 2.05) is 18.9 Å². The predicted molar refractivity (Wildman–Crippen MR) is 61.2 cm³/mol. The highest BCUT2D eigenvalue weighted by Crippen LogP contribution is 2.19. The van der Waals surface area contributed by atoms with Crippen molar-refractivity contribution in [2.75, 3.05) is 18.6 Å². The molecule has 1 saturated heterocycles. The Morgan fingerprint density at radius 3 is 2.69 bits per heavy atom. The minimum atomic E-state index is -2.87. The van der Waals surface area contributed by atoms with Gasteiger partial charge in [-0.3, -0.25) is 15.1 Å². The van der Waals surface area contributed by atoms with E-state index in [1.165, 1.54) is 0 Å². The van der Waals surface area contributed by atoms with Gasteiger partial charge in [-0.25, -0.2) is 14.3 Å². The lowest BCUT2D eigenvalue weighted by atomic mass is 10.1. The highest BCUT2D eigenvalue weighted by molar-refractivity contribution is 7.91. The maximum absolute atomic E-state index is 11.3. The molecule has 6 nitrogen and oxygen atoms in total. The smallest absolute Gasteiger partial charge is 0.235 e. The lowest BCUT2D eigenvalue weighted by molar-refractivity contribution is -0.122. The number of rotatable bonds is 4. The third-order valence-corrected chi connectivity index (χ3v) is 4.87. The fourth-order valence-corrected chi connectivity index (χ4v) is 3.71. The Kier molecular flexibility index (Phi) is 4.28. The van der Waals surface area contributed by atoms with Gasteiger partial charge in [-0.05, 0) is 20.4 Å². The quantitative estimate of drug-likeness (QED) is 0.374. The van der Waals surface area contributed by atoms with Crippen molar-refractivity contribution in [1.82, 2.24) is 10.3 Å². The molecule has 2 atom stereocenters. The molecule has 7 heteroatoms. The Balaban J connectivity index is 2.52. The van der Waals surface area contributed by atoms with Gasteiger partial charge in [0.15, 0.2) is 9.84 Å². The summed E-state index contributed by atoms with van der Waals surface area (Å²) in [6.45, 7) is 1.89. The first-order valence-electron chi connectivity index (χ1n) is 5.27. The number of hydrogen-bond donors (Lipinski definition) is 2. The van der Waals surface area contributed by atoms with E-state index in [2.05, 4.69) is 5.43 Å². The summed E-state index contributed by atoms with van der Waals surface area (Å²) in [5.41, 5.74) is 2.07. The second-order valence-corrected chi connectivity index (χ2v) is 6.57. The van der Waals surface area contributed by atoms with Crippen LogP contribution in [0.2, 0.25) is 0 Å². The molecule has 0 radical (unpaired) electrons. The summed E-state index contributed by atoms with van der Waals surface area (Å²) in [6, 6.07) is 0.00687. The minimum absolute atomic E-state index is 0.0122. The van der Waals surface area contributed by atoms with E-state index in [0.717, 1.165) is 0 Å². The van der Waals surface area contributed by atoms with Gasteiger partial charge in [-0.2, -0.15) is 0 Å². The van der Waals surface area contributed by atoms with Gasteiger partial charge in [0.05, 0.1) is 11.5 Å². The zero-order valence-electron chi connectivity index (χ0n) is 9.64. The molecule has 94 valence electrons. The lowest BCUT2D eigenvalue weighted by Crippen LogP contribution is -2.43. The molecule has 1 aliphatic rings. The van der Waals surface area contributed by atoms with Crippen LogP contribution in [-0.4, -0.2) is 49.9 Å². The van der Waals surface area contributed by atoms with Gasteiger partial charge in [0, 0.05) is 18.5 Å². The summed E-state index contributed by atoms with van der Waals surface area (Å²) in [7, 11) is -1.03. The summed E-state index contributed by atoms with van der Waals surface area (Å²) < 4.78 is 22.6. The summed E-state index contributed by atoms with van der Waals surface area (Å²) >= 11 is 0. The van der Waals surface area contributed by atoms with Crippen LogP contribution in [0.5, 0.6) is 0 Å². The molecule has 1 heterocycles. The third-order valence-electron chi connectivity index (χ3n) is 3.12. The Hall–Kier alpha value is -0.660. The Morgan fingerprint density at radius 1 is 1.62 bits per heavy atom. The van der Waals surface area contributed by atoms with Crippen molar-refractivity contribution in [3.05, 3.63) is 0 Å². The summed E-state index contributed by atoms with van der Waals surface area (Å²) in [5, 5.41) is 0.